The summed E-state index contributed by atoms with van der Waals surface area (Å²) in [5.41, 5.74) is 6.64. The van der Waals surface area contributed by atoms with Crippen molar-refractivity contribution >= 4 is 21.5 Å². The number of rotatable bonds is 4. The lowest BCUT2D eigenvalue weighted by molar-refractivity contribution is 0.297. The number of nitrogens with zero attached hydrogens (tertiary/aromatic N) is 1. The number of guanidine groups is 1. The van der Waals surface area contributed by atoms with Gasteiger partial charge < -0.3 is 20.5 Å². The summed E-state index contributed by atoms with van der Waals surface area (Å²) >= 11 is 0. The Bertz CT molecular complexity index is 742. The van der Waals surface area contributed by atoms with Gasteiger partial charge in [-0.3, -0.25) is 4.99 Å². The number of nitrogens with one attached hydrogen (secondary N) is 1. The van der Waals surface area contributed by atoms with E-state index in [1.165, 1.54) is 6.26 Å². The van der Waals surface area contributed by atoms with E-state index in [0.717, 1.165) is 18.5 Å². The van der Waals surface area contributed by atoms with Gasteiger partial charge in [0.1, 0.15) is 0 Å². The van der Waals surface area contributed by atoms with E-state index in [0.29, 0.717) is 37.6 Å². The summed E-state index contributed by atoms with van der Waals surface area (Å²) in [6, 6.07) is 5.45. The van der Waals surface area contributed by atoms with Crippen molar-refractivity contribution in [2.75, 3.05) is 31.3 Å². The second kappa shape index (κ2) is 6.51. The first-order chi connectivity index (χ1) is 11.4. The van der Waals surface area contributed by atoms with E-state index < -0.39 is 14.6 Å². The Morgan fingerprint density at radius 1 is 1.25 bits per heavy atom. The minimum Gasteiger partial charge on any atom is -0.490 e. The van der Waals surface area contributed by atoms with Crippen LogP contribution in [0.5, 0.6) is 11.5 Å². The van der Waals surface area contributed by atoms with Gasteiger partial charge in [-0.05, 0) is 25.0 Å². The maximum atomic E-state index is 11.9. The summed E-state index contributed by atoms with van der Waals surface area (Å²) in [4.78, 5) is 4.24. The molecule has 1 fully saturated rings. The number of hydrogen-bond acceptors (Lipinski definition) is 5. The van der Waals surface area contributed by atoms with Crippen molar-refractivity contribution in [1.29, 1.82) is 0 Å². The highest BCUT2D eigenvalue weighted by Crippen LogP contribution is 2.39. The first-order valence-corrected chi connectivity index (χ1v) is 9.95. The van der Waals surface area contributed by atoms with Crippen molar-refractivity contribution in [3.63, 3.8) is 0 Å². The van der Waals surface area contributed by atoms with Crippen LogP contribution >= 0.6 is 0 Å². The number of fused-ring (bicyclic) bond motifs is 1. The molecule has 0 saturated heterocycles. The van der Waals surface area contributed by atoms with Crippen LogP contribution < -0.4 is 20.5 Å². The van der Waals surface area contributed by atoms with E-state index in [1.54, 1.807) is 6.07 Å². The molecule has 0 unspecified atom stereocenters. The standard InChI is InChI=1S/C16H23N3O4S/c1-24(20,21)16(6-2-7-16)11-18-15(17)19-12-4-5-13-14(10-12)23-9-3-8-22-13/h4-5,10H,2-3,6-9,11H2,1H3,(H3,17,18,19). The number of sulfone groups is 1. The van der Waals surface area contributed by atoms with Gasteiger partial charge in [0.25, 0.3) is 0 Å². The van der Waals surface area contributed by atoms with E-state index in [2.05, 4.69) is 10.3 Å². The van der Waals surface area contributed by atoms with Gasteiger partial charge in [0, 0.05) is 24.4 Å². The zero-order valence-electron chi connectivity index (χ0n) is 13.7. The average Bonchev–Trinajstić information content (AvgIpc) is 2.69. The van der Waals surface area contributed by atoms with Crippen LogP contribution in [-0.2, 0) is 9.84 Å². The van der Waals surface area contributed by atoms with Crippen LogP contribution in [0.1, 0.15) is 25.7 Å². The normalized spacial score (nSPS) is 20.0. The third-order valence-electron chi connectivity index (χ3n) is 4.61. The van der Waals surface area contributed by atoms with Crippen molar-refractivity contribution in [3.05, 3.63) is 18.2 Å². The molecule has 3 N–H and O–H groups in total. The Morgan fingerprint density at radius 3 is 2.58 bits per heavy atom. The van der Waals surface area contributed by atoms with Crippen LogP contribution in [0, 0.1) is 0 Å². The predicted octanol–water partition coefficient (Wildman–Crippen LogP) is 1.54. The maximum absolute atomic E-state index is 11.9. The Morgan fingerprint density at radius 2 is 1.96 bits per heavy atom. The lowest BCUT2D eigenvalue weighted by Crippen LogP contribution is -2.48. The highest BCUT2D eigenvalue weighted by molar-refractivity contribution is 7.92. The summed E-state index contributed by atoms with van der Waals surface area (Å²) in [6.45, 7) is 1.43. The van der Waals surface area contributed by atoms with Crippen LogP contribution in [0.15, 0.2) is 23.2 Å². The number of aliphatic imine (C=N–C) groups is 1. The van der Waals surface area contributed by atoms with Gasteiger partial charge in [0.05, 0.1) is 24.5 Å². The summed E-state index contributed by atoms with van der Waals surface area (Å²) in [5.74, 6) is 1.57. The molecule has 1 aromatic rings. The Labute approximate surface area is 142 Å². The maximum Gasteiger partial charge on any atom is 0.193 e. The fourth-order valence-electron chi connectivity index (χ4n) is 2.87. The fraction of sp³-hybridized carbons (Fsp3) is 0.562. The quantitative estimate of drug-likeness (QED) is 0.629. The zero-order valence-corrected chi connectivity index (χ0v) is 14.6. The van der Waals surface area contributed by atoms with Gasteiger partial charge in [-0.2, -0.15) is 0 Å². The third-order valence-corrected chi connectivity index (χ3v) is 6.72. The van der Waals surface area contributed by atoms with Gasteiger partial charge in [-0.15, -0.1) is 0 Å². The Balaban J connectivity index is 1.68. The van der Waals surface area contributed by atoms with Crippen molar-refractivity contribution in [2.24, 2.45) is 10.7 Å². The summed E-state index contributed by atoms with van der Waals surface area (Å²) in [6.07, 6.45) is 4.32. The molecule has 1 saturated carbocycles. The second-order valence-electron chi connectivity index (χ2n) is 6.35. The van der Waals surface area contributed by atoms with E-state index in [-0.39, 0.29) is 12.5 Å². The molecular weight excluding hydrogens is 330 g/mol. The number of hydrogen-bond donors (Lipinski definition) is 2. The highest BCUT2D eigenvalue weighted by atomic mass is 32.2. The van der Waals surface area contributed by atoms with Gasteiger partial charge in [-0.25, -0.2) is 8.42 Å². The minimum atomic E-state index is -3.14. The molecule has 24 heavy (non-hydrogen) atoms. The molecule has 1 aliphatic heterocycles. The van der Waals surface area contributed by atoms with E-state index in [9.17, 15) is 8.42 Å². The summed E-state index contributed by atoms with van der Waals surface area (Å²) < 4.78 is 34.3. The molecular formula is C16H23N3O4S. The smallest absolute Gasteiger partial charge is 0.193 e. The molecule has 8 heteroatoms. The molecule has 0 amide bonds. The first-order valence-electron chi connectivity index (χ1n) is 8.06. The molecule has 1 aliphatic carbocycles. The van der Waals surface area contributed by atoms with Crippen molar-refractivity contribution in [1.82, 2.24) is 0 Å². The first kappa shape index (κ1) is 16.9. The molecule has 1 heterocycles. The van der Waals surface area contributed by atoms with Gasteiger partial charge >= 0.3 is 0 Å². The SMILES string of the molecule is CS(=O)(=O)C1(CN=C(N)Nc2ccc3c(c2)OCCCO3)CCC1. The fourth-order valence-corrected chi connectivity index (χ4v) is 4.20. The molecule has 7 nitrogen and oxygen atoms in total. The number of benzene rings is 1. The monoisotopic (exact) mass is 353 g/mol. The second-order valence-corrected chi connectivity index (χ2v) is 8.76. The molecule has 0 bridgehead atoms. The third kappa shape index (κ3) is 3.43. The number of nitrogens with two attached hydrogens (primary N) is 1. The van der Waals surface area contributed by atoms with E-state index >= 15 is 0 Å². The number of anilines is 1. The zero-order chi connectivity index (χ0) is 17.2. The number of ether oxygens (including phenoxy) is 2. The topological polar surface area (TPSA) is 103 Å². The Kier molecular flexibility index (Phi) is 4.58. The van der Waals surface area contributed by atoms with Crippen molar-refractivity contribution in [2.45, 2.75) is 30.4 Å². The van der Waals surface area contributed by atoms with Crippen LogP contribution in [0.3, 0.4) is 0 Å². The molecule has 3 rings (SSSR count). The van der Waals surface area contributed by atoms with Crippen LogP contribution in [0.4, 0.5) is 5.69 Å². The van der Waals surface area contributed by atoms with Crippen molar-refractivity contribution in [3.8, 4) is 11.5 Å². The summed E-state index contributed by atoms with van der Waals surface area (Å²) in [7, 11) is -3.14. The van der Waals surface area contributed by atoms with Crippen LogP contribution in [0.25, 0.3) is 0 Å². The molecule has 0 spiro atoms. The Hall–Kier alpha value is -1.96. The average molecular weight is 353 g/mol. The molecule has 132 valence electrons. The minimum absolute atomic E-state index is 0.190. The van der Waals surface area contributed by atoms with E-state index in [4.69, 9.17) is 15.2 Å². The van der Waals surface area contributed by atoms with Crippen molar-refractivity contribution < 1.29 is 17.9 Å². The van der Waals surface area contributed by atoms with Gasteiger partial charge in [-0.1, -0.05) is 6.42 Å². The largest absolute Gasteiger partial charge is 0.490 e. The molecule has 0 aromatic heterocycles. The lowest BCUT2D eigenvalue weighted by atomic mass is 9.84. The molecule has 0 atom stereocenters. The molecule has 2 aliphatic rings. The predicted molar refractivity (Wildman–Crippen MR) is 93.6 cm³/mol. The van der Waals surface area contributed by atoms with Gasteiger partial charge in [0.2, 0.25) is 0 Å². The molecule has 1 aromatic carbocycles. The van der Waals surface area contributed by atoms with Gasteiger partial charge in [0.15, 0.2) is 27.3 Å². The van der Waals surface area contributed by atoms with Crippen LogP contribution in [-0.4, -0.2) is 45.1 Å². The molecule has 0 radical (unpaired) electrons. The summed E-state index contributed by atoms with van der Waals surface area (Å²) in [5, 5.41) is 2.98. The highest BCUT2D eigenvalue weighted by Gasteiger charge is 2.46. The van der Waals surface area contributed by atoms with E-state index in [1.807, 2.05) is 12.1 Å². The lowest BCUT2D eigenvalue weighted by Gasteiger charge is -2.38. The van der Waals surface area contributed by atoms with Crippen LogP contribution in [0.2, 0.25) is 0 Å².